The molecule has 0 aliphatic heterocycles. The molecular formula is C20H15Br2N3O2S. The fourth-order valence-corrected chi connectivity index (χ4v) is 6.07. The highest BCUT2D eigenvalue weighted by atomic mass is 79.9. The van der Waals surface area contributed by atoms with E-state index in [1.54, 1.807) is 29.5 Å². The maximum absolute atomic E-state index is 12.8. The first-order chi connectivity index (χ1) is 13.4. The van der Waals surface area contributed by atoms with Crippen LogP contribution in [0.5, 0.6) is 5.75 Å². The van der Waals surface area contributed by atoms with Gasteiger partial charge in [-0.2, -0.15) is 5.26 Å². The summed E-state index contributed by atoms with van der Waals surface area (Å²) >= 11 is 8.12. The van der Waals surface area contributed by atoms with Crippen molar-refractivity contribution in [3.8, 4) is 11.8 Å². The number of phenols is 1. The van der Waals surface area contributed by atoms with Crippen LogP contribution in [0, 0.1) is 17.2 Å². The summed E-state index contributed by atoms with van der Waals surface area (Å²) in [6.07, 6.45) is 4.58. The number of fused-ring (bicyclic) bond motifs is 3. The lowest BCUT2D eigenvalue weighted by Crippen LogP contribution is -2.14. The molecular weight excluding hydrogens is 506 g/mol. The summed E-state index contributed by atoms with van der Waals surface area (Å²) in [4.78, 5) is 22.1. The summed E-state index contributed by atoms with van der Waals surface area (Å²) in [5.74, 6) is 0.953. The summed E-state index contributed by atoms with van der Waals surface area (Å²) in [7, 11) is 0. The van der Waals surface area contributed by atoms with Gasteiger partial charge in [0.25, 0.3) is 5.56 Å². The molecule has 0 radical (unpaired) electrons. The number of hydrogen-bond acceptors (Lipinski definition) is 5. The lowest BCUT2D eigenvalue weighted by molar-refractivity contribution is 0.468. The van der Waals surface area contributed by atoms with Gasteiger partial charge in [-0.05, 0) is 86.4 Å². The molecule has 1 aliphatic rings. The number of aromatic amines is 1. The van der Waals surface area contributed by atoms with Gasteiger partial charge >= 0.3 is 0 Å². The Morgan fingerprint density at radius 3 is 2.82 bits per heavy atom. The third-order valence-corrected chi connectivity index (χ3v) is 7.25. The van der Waals surface area contributed by atoms with Crippen LogP contribution in [0.3, 0.4) is 0 Å². The molecule has 0 saturated heterocycles. The van der Waals surface area contributed by atoms with Gasteiger partial charge in [0.05, 0.1) is 19.9 Å². The summed E-state index contributed by atoms with van der Waals surface area (Å²) in [5.41, 5.74) is 1.87. The fraction of sp³-hybridized carbons (Fsp3) is 0.250. The van der Waals surface area contributed by atoms with Gasteiger partial charge in [-0.3, -0.25) is 4.79 Å². The Bertz CT molecular complexity index is 1210. The van der Waals surface area contributed by atoms with Crippen LogP contribution in [-0.4, -0.2) is 15.1 Å². The topological polar surface area (TPSA) is 89.8 Å². The number of nitriles is 1. The van der Waals surface area contributed by atoms with Crippen LogP contribution < -0.4 is 5.56 Å². The highest BCUT2D eigenvalue weighted by Gasteiger charge is 2.23. The molecule has 0 fully saturated rings. The Morgan fingerprint density at radius 1 is 1.43 bits per heavy atom. The van der Waals surface area contributed by atoms with Crippen LogP contribution in [0.1, 0.15) is 35.2 Å². The van der Waals surface area contributed by atoms with Crippen molar-refractivity contribution in [1.29, 1.82) is 5.26 Å². The van der Waals surface area contributed by atoms with E-state index in [0.717, 1.165) is 24.8 Å². The van der Waals surface area contributed by atoms with E-state index in [1.165, 1.54) is 4.88 Å². The van der Waals surface area contributed by atoms with E-state index in [-0.39, 0.29) is 22.7 Å². The molecule has 0 spiro atoms. The van der Waals surface area contributed by atoms with Gasteiger partial charge in [0, 0.05) is 4.88 Å². The van der Waals surface area contributed by atoms with Crippen LogP contribution in [0.2, 0.25) is 0 Å². The van der Waals surface area contributed by atoms with Crippen LogP contribution in [0.25, 0.3) is 21.9 Å². The van der Waals surface area contributed by atoms with Crippen LogP contribution in [0.4, 0.5) is 0 Å². The van der Waals surface area contributed by atoms with Crippen molar-refractivity contribution in [3.05, 3.63) is 53.3 Å². The number of H-pyrrole nitrogens is 1. The summed E-state index contributed by atoms with van der Waals surface area (Å²) in [6.45, 7) is 2.22. The lowest BCUT2D eigenvalue weighted by atomic mass is 9.89. The minimum Gasteiger partial charge on any atom is -0.506 e. The second-order valence-electron chi connectivity index (χ2n) is 6.95. The average molecular weight is 521 g/mol. The number of aromatic hydroxyl groups is 1. The van der Waals surface area contributed by atoms with Crippen LogP contribution >= 0.6 is 43.2 Å². The molecule has 142 valence electrons. The molecule has 1 aliphatic carbocycles. The van der Waals surface area contributed by atoms with Crippen LogP contribution in [-0.2, 0) is 12.8 Å². The number of phenolic OH excluding ortho intramolecular Hbond substituents is 1. The van der Waals surface area contributed by atoms with Crippen molar-refractivity contribution >= 4 is 65.1 Å². The first-order valence-electron chi connectivity index (χ1n) is 8.72. The second-order valence-corrected chi connectivity index (χ2v) is 9.74. The summed E-state index contributed by atoms with van der Waals surface area (Å²) in [5, 5.41) is 20.2. The predicted molar refractivity (Wildman–Crippen MR) is 118 cm³/mol. The molecule has 2 heterocycles. The van der Waals surface area contributed by atoms with Crippen molar-refractivity contribution in [1.82, 2.24) is 9.97 Å². The minimum atomic E-state index is -0.193. The second kappa shape index (κ2) is 7.47. The minimum absolute atomic E-state index is 0.0852. The zero-order chi connectivity index (χ0) is 20.0. The number of nitrogens with zero attached hydrogens (tertiary/aromatic N) is 2. The third kappa shape index (κ3) is 3.43. The van der Waals surface area contributed by atoms with Crippen LogP contribution in [0.15, 0.2) is 25.9 Å². The first kappa shape index (κ1) is 19.4. The molecule has 8 heteroatoms. The molecule has 0 amide bonds. The number of aryl methyl sites for hydroxylation is 1. The molecule has 3 aromatic rings. The van der Waals surface area contributed by atoms with E-state index in [9.17, 15) is 15.2 Å². The van der Waals surface area contributed by atoms with Crippen molar-refractivity contribution in [3.63, 3.8) is 0 Å². The molecule has 1 atom stereocenters. The Balaban J connectivity index is 1.84. The molecule has 5 nitrogen and oxygen atoms in total. The van der Waals surface area contributed by atoms with E-state index in [4.69, 9.17) is 0 Å². The Labute approximate surface area is 182 Å². The average Bonchev–Trinajstić information content (AvgIpc) is 3.01. The molecule has 0 bridgehead atoms. The highest BCUT2D eigenvalue weighted by Crippen LogP contribution is 2.36. The SMILES string of the molecule is C[C@@H]1CCc2c(sc3nc(/C(C#N)=C\c4cc(Br)c(O)c(Br)c4)[nH]c(=O)c23)C1. The Kier molecular flexibility index (Phi) is 5.17. The zero-order valence-corrected chi connectivity index (χ0v) is 18.8. The number of rotatable bonds is 2. The fourth-order valence-electron chi connectivity index (χ4n) is 3.47. The van der Waals surface area contributed by atoms with Gasteiger partial charge in [-0.15, -0.1) is 11.3 Å². The standard InChI is InChI=1S/C20H15Br2N3O2S/c1-9-2-3-12-15(4-9)28-20-16(12)19(27)24-18(25-20)11(8-23)5-10-6-13(21)17(26)14(22)7-10/h5-7,9,26H,2-4H2,1H3,(H,24,25,27)/b11-5-/t9-/m1/s1. The highest BCUT2D eigenvalue weighted by molar-refractivity contribution is 9.11. The largest absolute Gasteiger partial charge is 0.506 e. The van der Waals surface area contributed by atoms with Crippen molar-refractivity contribution in [2.45, 2.75) is 26.2 Å². The Morgan fingerprint density at radius 2 is 2.14 bits per heavy atom. The number of nitrogens with one attached hydrogen (secondary N) is 1. The lowest BCUT2D eigenvalue weighted by Gasteiger charge is -2.17. The summed E-state index contributed by atoms with van der Waals surface area (Å²) in [6, 6.07) is 5.51. The Hall–Kier alpha value is -1.95. The zero-order valence-electron chi connectivity index (χ0n) is 14.8. The normalized spacial score (nSPS) is 16.8. The molecule has 2 aromatic heterocycles. The number of thiophene rings is 1. The van der Waals surface area contributed by atoms with E-state index in [2.05, 4.69) is 54.8 Å². The third-order valence-electron chi connectivity index (χ3n) is 4.89. The van der Waals surface area contributed by atoms with E-state index in [0.29, 0.717) is 30.6 Å². The number of benzene rings is 1. The van der Waals surface area contributed by atoms with Crippen molar-refractivity contribution in [2.24, 2.45) is 5.92 Å². The van der Waals surface area contributed by atoms with E-state index in [1.807, 2.05) is 0 Å². The molecule has 4 rings (SSSR count). The van der Waals surface area contributed by atoms with Gasteiger partial charge < -0.3 is 10.1 Å². The van der Waals surface area contributed by atoms with Gasteiger partial charge in [-0.25, -0.2) is 4.98 Å². The molecule has 2 N–H and O–H groups in total. The van der Waals surface area contributed by atoms with Gasteiger partial charge in [0.1, 0.15) is 16.6 Å². The summed E-state index contributed by atoms with van der Waals surface area (Å²) < 4.78 is 1.00. The van der Waals surface area contributed by atoms with Gasteiger partial charge in [0.15, 0.2) is 5.82 Å². The smallest absolute Gasteiger partial charge is 0.260 e. The number of halogens is 2. The molecule has 1 aromatic carbocycles. The van der Waals surface area contributed by atoms with Gasteiger partial charge in [0.2, 0.25) is 0 Å². The predicted octanol–water partition coefficient (Wildman–Crippen LogP) is 5.40. The maximum atomic E-state index is 12.8. The number of allylic oxidation sites excluding steroid dienone is 1. The number of hydrogen-bond donors (Lipinski definition) is 2. The quantitative estimate of drug-likeness (QED) is 0.442. The van der Waals surface area contributed by atoms with E-state index >= 15 is 0 Å². The molecule has 0 saturated carbocycles. The van der Waals surface area contributed by atoms with E-state index < -0.39 is 0 Å². The van der Waals surface area contributed by atoms with Gasteiger partial charge in [-0.1, -0.05) is 6.92 Å². The maximum Gasteiger partial charge on any atom is 0.260 e. The number of aromatic nitrogens is 2. The van der Waals surface area contributed by atoms with Crippen molar-refractivity contribution < 1.29 is 5.11 Å². The molecule has 0 unspecified atom stereocenters. The monoisotopic (exact) mass is 519 g/mol. The first-order valence-corrected chi connectivity index (χ1v) is 11.1. The van der Waals surface area contributed by atoms with Crippen molar-refractivity contribution in [2.75, 3.05) is 0 Å². The molecule has 28 heavy (non-hydrogen) atoms.